The number of allylic oxidation sites excluding steroid dienone is 1. The van der Waals surface area contributed by atoms with Gasteiger partial charge in [-0.05, 0) is 25.9 Å². The van der Waals surface area contributed by atoms with Crippen LogP contribution in [-0.4, -0.2) is 32.8 Å². The van der Waals surface area contributed by atoms with Crippen LogP contribution in [0.2, 0.25) is 0 Å². The summed E-state index contributed by atoms with van der Waals surface area (Å²) in [6.07, 6.45) is 3.98. The first kappa shape index (κ1) is 13.8. The van der Waals surface area contributed by atoms with Crippen LogP contribution >= 0.6 is 0 Å². The minimum atomic E-state index is -0.432. The summed E-state index contributed by atoms with van der Waals surface area (Å²) in [6, 6.07) is 1.28. The number of hydrogen-bond donors (Lipinski definition) is 2. The number of aromatic hydroxyl groups is 1. The molecule has 0 unspecified atom stereocenters. The molecule has 2 heterocycles. The number of aromatic nitrogens is 1. The fourth-order valence-electron chi connectivity index (χ4n) is 2.54. The first-order valence-corrected chi connectivity index (χ1v) is 6.56. The SMILES string of the molecule is C=CCn1c(CO)cc(=O)c(O)c1CN1CCCC1. The van der Waals surface area contributed by atoms with E-state index in [-0.39, 0.29) is 12.4 Å². The molecule has 5 heteroatoms. The van der Waals surface area contributed by atoms with Crippen molar-refractivity contribution in [2.75, 3.05) is 13.1 Å². The Bertz CT molecular complexity index is 516. The fraction of sp³-hybridized carbons (Fsp3) is 0.500. The standard InChI is InChI=1S/C14H20N2O3/c1-2-5-16-11(10-17)8-13(18)14(19)12(16)9-15-6-3-4-7-15/h2,8,17,19H,1,3-7,9-10H2. The largest absolute Gasteiger partial charge is 0.503 e. The molecular weight excluding hydrogens is 244 g/mol. The molecule has 0 aliphatic carbocycles. The molecule has 19 heavy (non-hydrogen) atoms. The van der Waals surface area contributed by atoms with Crippen molar-refractivity contribution in [3.8, 4) is 5.75 Å². The van der Waals surface area contributed by atoms with Crippen LogP contribution in [0.25, 0.3) is 0 Å². The number of aliphatic hydroxyl groups is 1. The minimum Gasteiger partial charge on any atom is -0.503 e. The Balaban J connectivity index is 2.44. The number of likely N-dealkylation sites (tertiary alicyclic amines) is 1. The van der Waals surface area contributed by atoms with E-state index in [1.165, 1.54) is 6.07 Å². The van der Waals surface area contributed by atoms with E-state index in [0.717, 1.165) is 25.9 Å². The van der Waals surface area contributed by atoms with Gasteiger partial charge < -0.3 is 14.8 Å². The van der Waals surface area contributed by atoms with Crippen LogP contribution in [0.5, 0.6) is 5.75 Å². The molecule has 0 bridgehead atoms. The van der Waals surface area contributed by atoms with Gasteiger partial charge in [0.2, 0.25) is 5.43 Å². The summed E-state index contributed by atoms with van der Waals surface area (Å²) >= 11 is 0. The van der Waals surface area contributed by atoms with Gasteiger partial charge in [0.25, 0.3) is 0 Å². The fourth-order valence-corrected chi connectivity index (χ4v) is 2.54. The summed E-state index contributed by atoms with van der Waals surface area (Å²) in [5.41, 5.74) is 0.647. The van der Waals surface area contributed by atoms with E-state index in [2.05, 4.69) is 11.5 Å². The second-order valence-electron chi connectivity index (χ2n) is 4.84. The normalized spacial score (nSPS) is 15.8. The molecule has 0 saturated carbocycles. The summed E-state index contributed by atoms with van der Waals surface area (Å²) in [5, 5.41) is 19.4. The highest BCUT2D eigenvalue weighted by Gasteiger charge is 2.19. The van der Waals surface area contributed by atoms with E-state index in [9.17, 15) is 15.0 Å². The summed E-state index contributed by atoms with van der Waals surface area (Å²) in [7, 11) is 0. The second-order valence-corrected chi connectivity index (χ2v) is 4.84. The lowest BCUT2D eigenvalue weighted by molar-refractivity contribution is 0.263. The van der Waals surface area contributed by atoms with Crippen LogP contribution in [0.15, 0.2) is 23.5 Å². The van der Waals surface area contributed by atoms with Gasteiger partial charge in [0.1, 0.15) is 0 Å². The van der Waals surface area contributed by atoms with Crippen molar-refractivity contribution >= 4 is 0 Å². The van der Waals surface area contributed by atoms with Gasteiger partial charge in [0, 0.05) is 24.8 Å². The van der Waals surface area contributed by atoms with Crippen molar-refractivity contribution in [1.82, 2.24) is 9.47 Å². The predicted octanol–water partition coefficient (Wildman–Crippen LogP) is 0.828. The Morgan fingerprint density at radius 1 is 1.37 bits per heavy atom. The monoisotopic (exact) mass is 264 g/mol. The third-order valence-corrected chi connectivity index (χ3v) is 3.52. The summed E-state index contributed by atoms with van der Waals surface area (Å²) in [5.74, 6) is -0.217. The maximum Gasteiger partial charge on any atom is 0.223 e. The molecule has 0 amide bonds. The highest BCUT2D eigenvalue weighted by atomic mass is 16.3. The Hall–Kier alpha value is -1.59. The quantitative estimate of drug-likeness (QED) is 0.773. The predicted molar refractivity (Wildman–Crippen MR) is 73.0 cm³/mol. The zero-order valence-corrected chi connectivity index (χ0v) is 11.0. The van der Waals surface area contributed by atoms with E-state index >= 15 is 0 Å². The number of nitrogens with zero attached hydrogens (tertiary/aromatic N) is 2. The van der Waals surface area contributed by atoms with Crippen molar-refractivity contribution in [3.05, 3.63) is 40.3 Å². The van der Waals surface area contributed by atoms with Crippen molar-refractivity contribution in [2.24, 2.45) is 0 Å². The molecule has 1 aliphatic rings. The lowest BCUT2D eigenvalue weighted by atomic mass is 10.2. The molecule has 1 fully saturated rings. The smallest absolute Gasteiger partial charge is 0.223 e. The third-order valence-electron chi connectivity index (χ3n) is 3.52. The van der Waals surface area contributed by atoms with Crippen LogP contribution in [0, 0.1) is 0 Å². The molecule has 104 valence electrons. The van der Waals surface area contributed by atoms with Gasteiger partial charge in [-0.25, -0.2) is 0 Å². The Kier molecular flexibility index (Phi) is 4.39. The van der Waals surface area contributed by atoms with Gasteiger partial charge in [-0.1, -0.05) is 6.08 Å². The Labute approximate surface area is 112 Å². The second kappa shape index (κ2) is 6.04. The first-order chi connectivity index (χ1) is 9.17. The van der Waals surface area contributed by atoms with Gasteiger partial charge in [0.15, 0.2) is 5.75 Å². The van der Waals surface area contributed by atoms with Gasteiger partial charge in [-0.3, -0.25) is 9.69 Å². The van der Waals surface area contributed by atoms with Crippen molar-refractivity contribution < 1.29 is 10.2 Å². The van der Waals surface area contributed by atoms with Crippen molar-refractivity contribution in [1.29, 1.82) is 0 Å². The van der Waals surface area contributed by atoms with Crippen LogP contribution in [0.3, 0.4) is 0 Å². The maximum absolute atomic E-state index is 11.7. The topological polar surface area (TPSA) is 65.7 Å². The number of aliphatic hydroxyl groups excluding tert-OH is 1. The van der Waals surface area contributed by atoms with Crippen molar-refractivity contribution in [3.63, 3.8) is 0 Å². The first-order valence-electron chi connectivity index (χ1n) is 6.56. The molecule has 0 aromatic carbocycles. The molecule has 2 rings (SSSR count). The number of hydrogen-bond acceptors (Lipinski definition) is 4. The van der Waals surface area contributed by atoms with E-state index in [1.807, 2.05) is 0 Å². The molecule has 1 saturated heterocycles. The van der Waals surface area contributed by atoms with Crippen LogP contribution < -0.4 is 5.43 Å². The third kappa shape index (κ3) is 2.88. The van der Waals surface area contributed by atoms with Crippen LogP contribution in [0.1, 0.15) is 24.2 Å². The van der Waals surface area contributed by atoms with E-state index in [0.29, 0.717) is 24.5 Å². The van der Waals surface area contributed by atoms with Gasteiger partial charge in [-0.15, -0.1) is 6.58 Å². The number of pyridine rings is 1. The highest BCUT2D eigenvalue weighted by molar-refractivity contribution is 5.30. The van der Waals surface area contributed by atoms with Gasteiger partial charge in [-0.2, -0.15) is 0 Å². The molecule has 1 aromatic heterocycles. The molecule has 2 N–H and O–H groups in total. The van der Waals surface area contributed by atoms with Gasteiger partial charge in [0.05, 0.1) is 12.3 Å². The zero-order valence-electron chi connectivity index (χ0n) is 11.0. The Morgan fingerprint density at radius 3 is 2.63 bits per heavy atom. The molecule has 1 aromatic rings. The summed E-state index contributed by atoms with van der Waals surface area (Å²) in [6.45, 7) is 6.40. The minimum absolute atomic E-state index is 0.217. The molecule has 0 radical (unpaired) electrons. The van der Waals surface area contributed by atoms with E-state index in [4.69, 9.17) is 0 Å². The van der Waals surface area contributed by atoms with E-state index in [1.54, 1.807) is 10.6 Å². The average Bonchev–Trinajstić information content (AvgIpc) is 2.91. The highest BCUT2D eigenvalue weighted by Crippen LogP contribution is 2.20. The summed E-state index contributed by atoms with van der Waals surface area (Å²) in [4.78, 5) is 13.9. The molecule has 5 nitrogen and oxygen atoms in total. The van der Waals surface area contributed by atoms with Crippen molar-refractivity contribution in [2.45, 2.75) is 32.5 Å². The summed E-state index contributed by atoms with van der Waals surface area (Å²) < 4.78 is 1.77. The van der Waals surface area contributed by atoms with Gasteiger partial charge >= 0.3 is 0 Å². The molecular formula is C14H20N2O3. The molecule has 0 atom stereocenters. The molecule has 0 spiro atoms. The molecule has 1 aliphatic heterocycles. The average molecular weight is 264 g/mol. The lowest BCUT2D eigenvalue weighted by Crippen LogP contribution is -2.25. The maximum atomic E-state index is 11.7. The van der Waals surface area contributed by atoms with Crippen LogP contribution in [0.4, 0.5) is 0 Å². The Morgan fingerprint density at radius 2 is 2.05 bits per heavy atom. The van der Waals surface area contributed by atoms with E-state index < -0.39 is 5.43 Å². The van der Waals surface area contributed by atoms with Crippen LogP contribution in [-0.2, 0) is 19.7 Å². The number of rotatable bonds is 5. The lowest BCUT2D eigenvalue weighted by Gasteiger charge is -2.21. The zero-order chi connectivity index (χ0) is 13.8.